The number of nitrogens with one attached hydrogen (secondary N) is 2. The molecule has 1 unspecified atom stereocenters. The van der Waals surface area contributed by atoms with E-state index in [-0.39, 0.29) is 17.7 Å². The van der Waals surface area contributed by atoms with Crippen molar-refractivity contribution in [3.63, 3.8) is 0 Å². The molecule has 0 radical (unpaired) electrons. The lowest BCUT2D eigenvalue weighted by molar-refractivity contribution is -0.117. The summed E-state index contributed by atoms with van der Waals surface area (Å²) in [6.45, 7) is 4.23. The summed E-state index contributed by atoms with van der Waals surface area (Å²) in [5.74, 6) is 0.594. The van der Waals surface area contributed by atoms with Crippen molar-refractivity contribution in [1.82, 2.24) is 15.0 Å². The number of hydrogen-bond acceptors (Lipinski definition) is 5. The van der Waals surface area contributed by atoms with E-state index in [2.05, 4.69) is 40.2 Å². The van der Waals surface area contributed by atoms with Gasteiger partial charge in [0.15, 0.2) is 0 Å². The quantitative estimate of drug-likeness (QED) is 0.658. The predicted octanol–water partition coefficient (Wildman–Crippen LogP) is 3.43. The number of nitriles is 1. The molecule has 2 atom stereocenters. The second kappa shape index (κ2) is 6.40. The number of nitrogens with two attached hydrogens (primary N) is 1. The van der Waals surface area contributed by atoms with Gasteiger partial charge in [0.25, 0.3) is 0 Å². The number of carbonyl (C=O) groups is 1. The maximum Gasteiger partial charge on any atom is 0.230 e. The van der Waals surface area contributed by atoms with Gasteiger partial charge in [0.2, 0.25) is 5.91 Å². The van der Waals surface area contributed by atoms with Crippen LogP contribution < -0.4 is 11.1 Å². The van der Waals surface area contributed by atoms with Crippen molar-refractivity contribution in [2.75, 3.05) is 11.1 Å². The number of aromatic nitrogens is 3. The zero-order valence-electron chi connectivity index (χ0n) is 15.2. The Morgan fingerprint density at radius 2 is 2.26 bits per heavy atom. The molecule has 0 aromatic carbocycles. The summed E-state index contributed by atoms with van der Waals surface area (Å²) in [6.07, 6.45) is 4.13. The fourth-order valence-electron chi connectivity index (χ4n) is 3.31. The molecule has 0 aliphatic heterocycles. The van der Waals surface area contributed by atoms with Gasteiger partial charge in [-0.3, -0.25) is 4.79 Å². The molecule has 27 heavy (non-hydrogen) atoms. The number of H-pyrrole nitrogens is 1. The maximum absolute atomic E-state index is 12.2. The van der Waals surface area contributed by atoms with Crippen molar-refractivity contribution in [3.05, 3.63) is 36.3 Å². The Morgan fingerprint density at radius 1 is 1.44 bits per heavy atom. The molecule has 4 rings (SSSR count). The molecule has 1 aliphatic rings. The summed E-state index contributed by atoms with van der Waals surface area (Å²) >= 11 is 0. The first-order valence-corrected chi connectivity index (χ1v) is 8.92. The van der Waals surface area contributed by atoms with Gasteiger partial charge in [0.1, 0.15) is 11.6 Å². The molecule has 1 saturated carbocycles. The van der Waals surface area contributed by atoms with E-state index in [0.717, 1.165) is 27.7 Å². The van der Waals surface area contributed by atoms with Crippen molar-refractivity contribution >= 4 is 28.3 Å². The van der Waals surface area contributed by atoms with Crippen molar-refractivity contribution < 1.29 is 4.79 Å². The molecule has 0 bridgehead atoms. The highest BCUT2D eigenvalue weighted by Gasteiger charge is 2.43. The van der Waals surface area contributed by atoms with Gasteiger partial charge in [-0.1, -0.05) is 13.8 Å². The van der Waals surface area contributed by atoms with E-state index in [9.17, 15) is 4.79 Å². The molecule has 7 nitrogen and oxygen atoms in total. The lowest BCUT2D eigenvalue weighted by Gasteiger charge is -2.10. The molecule has 0 spiro atoms. The first kappa shape index (κ1) is 17.0. The molecule has 1 amide bonds. The minimum absolute atomic E-state index is 0.164. The molecular weight excluding hydrogens is 340 g/mol. The van der Waals surface area contributed by atoms with Crippen LogP contribution >= 0.6 is 0 Å². The number of nitrogens with zero attached hydrogens (tertiary/aromatic N) is 3. The summed E-state index contributed by atoms with van der Waals surface area (Å²) < 4.78 is 0. The second-order valence-corrected chi connectivity index (χ2v) is 7.21. The fourth-order valence-corrected chi connectivity index (χ4v) is 3.31. The number of carbonyl (C=O) groups excluding carboxylic acids is 1. The molecule has 1 fully saturated rings. The maximum atomic E-state index is 12.2. The number of fused-ring (bicyclic) bond motifs is 1. The SMILES string of the molecule is CC(C)c1[nH]ccc1-c1cc2cc(NC(=O)C3C[C@@H]3C#N)ncc2c(N)n1. The molecule has 0 saturated heterocycles. The lowest BCUT2D eigenvalue weighted by atomic mass is 10.0. The van der Waals surface area contributed by atoms with Gasteiger partial charge in [-0.25, -0.2) is 9.97 Å². The molecule has 4 N–H and O–H groups in total. The van der Waals surface area contributed by atoms with Gasteiger partial charge in [0, 0.05) is 29.0 Å². The molecule has 3 aromatic rings. The van der Waals surface area contributed by atoms with E-state index in [1.165, 1.54) is 0 Å². The molecule has 7 heteroatoms. The van der Waals surface area contributed by atoms with Crippen LogP contribution in [-0.4, -0.2) is 20.9 Å². The third kappa shape index (κ3) is 3.10. The van der Waals surface area contributed by atoms with E-state index in [1.54, 1.807) is 12.3 Å². The highest BCUT2D eigenvalue weighted by molar-refractivity contribution is 5.98. The number of rotatable bonds is 4. The Balaban J connectivity index is 1.69. The highest BCUT2D eigenvalue weighted by atomic mass is 16.2. The zero-order valence-corrected chi connectivity index (χ0v) is 15.2. The van der Waals surface area contributed by atoms with Crippen molar-refractivity contribution in [2.45, 2.75) is 26.2 Å². The van der Waals surface area contributed by atoms with Crippen LogP contribution in [0.25, 0.3) is 22.0 Å². The standard InChI is InChI=1S/C20H20N6O/c1-10(2)18-13(3-4-23-18)16-6-11-7-17(24-9-15(11)19(22)25-16)26-20(27)14-5-12(14)8-21/h3-4,6-7,9-10,12,14,23H,5H2,1-2H3,(H2,22,25)(H,24,26,27)/t12-,14?/m1/s1. The second-order valence-electron chi connectivity index (χ2n) is 7.21. The lowest BCUT2D eigenvalue weighted by Crippen LogP contribution is -2.15. The first-order valence-electron chi connectivity index (χ1n) is 8.92. The Hall–Kier alpha value is -3.40. The van der Waals surface area contributed by atoms with Crippen LogP contribution in [0.3, 0.4) is 0 Å². The number of anilines is 2. The summed E-state index contributed by atoms with van der Waals surface area (Å²) in [6, 6.07) is 7.85. The van der Waals surface area contributed by atoms with Crippen LogP contribution in [0.4, 0.5) is 11.6 Å². The van der Waals surface area contributed by atoms with Gasteiger partial charge in [-0.2, -0.15) is 5.26 Å². The third-order valence-electron chi connectivity index (χ3n) is 4.92. The van der Waals surface area contributed by atoms with Gasteiger partial charge in [-0.15, -0.1) is 0 Å². The zero-order chi connectivity index (χ0) is 19.1. The Morgan fingerprint density at radius 3 is 2.96 bits per heavy atom. The van der Waals surface area contributed by atoms with Crippen LogP contribution in [0.5, 0.6) is 0 Å². The molecule has 3 heterocycles. The average molecular weight is 360 g/mol. The van der Waals surface area contributed by atoms with Gasteiger partial charge in [0.05, 0.1) is 23.6 Å². The van der Waals surface area contributed by atoms with E-state index < -0.39 is 0 Å². The number of nitrogen functional groups attached to an aromatic ring is 1. The number of pyridine rings is 2. The smallest absolute Gasteiger partial charge is 0.230 e. The molecule has 136 valence electrons. The van der Waals surface area contributed by atoms with Gasteiger partial charge in [-0.05, 0) is 35.9 Å². The molecule has 3 aromatic heterocycles. The summed E-state index contributed by atoms with van der Waals surface area (Å²) in [4.78, 5) is 24.2. The Bertz CT molecular complexity index is 1080. The van der Waals surface area contributed by atoms with Crippen molar-refractivity contribution in [1.29, 1.82) is 5.26 Å². The minimum atomic E-state index is -0.237. The first-order chi connectivity index (χ1) is 13.0. The predicted molar refractivity (Wildman–Crippen MR) is 104 cm³/mol. The van der Waals surface area contributed by atoms with Crippen LogP contribution in [0.1, 0.15) is 31.9 Å². The van der Waals surface area contributed by atoms with Crippen LogP contribution in [0.15, 0.2) is 30.6 Å². The Kier molecular flexibility index (Phi) is 4.04. The van der Waals surface area contributed by atoms with E-state index in [0.29, 0.717) is 24.0 Å². The monoisotopic (exact) mass is 360 g/mol. The normalized spacial score (nSPS) is 18.4. The van der Waals surface area contributed by atoms with E-state index in [4.69, 9.17) is 11.0 Å². The summed E-state index contributed by atoms with van der Waals surface area (Å²) in [5, 5.41) is 13.3. The third-order valence-corrected chi connectivity index (χ3v) is 4.92. The van der Waals surface area contributed by atoms with Crippen molar-refractivity contribution in [3.8, 4) is 17.3 Å². The summed E-state index contributed by atoms with van der Waals surface area (Å²) in [5.41, 5.74) is 9.04. The van der Waals surface area contributed by atoms with Crippen molar-refractivity contribution in [2.24, 2.45) is 11.8 Å². The average Bonchev–Trinajstić information content (AvgIpc) is 3.27. The number of aromatic amines is 1. The van der Waals surface area contributed by atoms with Gasteiger partial charge < -0.3 is 16.0 Å². The molecular formula is C20H20N6O. The number of amides is 1. The van der Waals surface area contributed by atoms with Crippen LogP contribution in [0, 0.1) is 23.2 Å². The Labute approximate surface area is 156 Å². The summed E-state index contributed by atoms with van der Waals surface area (Å²) in [7, 11) is 0. The number of hydrogen-bond donors (Lipinski definition) is 3. The van der Waals surface area contributed by atoms with Crippen LogP contribution in [-0.2, 0) is 4.79 Å². The van der Waals surface area contributed by atoms with Gasteiger partial charge >= 0.3 is 0 Å². The van der Waals surface area contributed by atoms with E-state index in [1.807, 2.05) is 18.3 Å². The van der Waals surface area contributed by atoms with Crippen LogP contribution in [0.2, 0.25) is 0 Å². The highest BCUT2D eigenvalue weighted by Crippen LogP contribution is 2.38. The topological polar surface area (TPSA) is 120 Å². The van der Waals surface area contributed by atoms with E-state index >= 15 is 0 Å². The minimum Gasteiger partial charge on any atom is -0.383 e. The molecule has 1 aliphatic carbocycles. The fraction of sp³-hybridized carbons (Fsp3) is 0.300. The largest absolute Gasteiger partial charge is 0.383 e.